The summed E-state index contributed by atoms with van der Waals surface area (Å²) < 4.78 is 0. The molecule has 4 rings (SSSR count). The number of pyridine rings is 1. The van der Waals surface area contributed by atoms with Crippen molar-refractivity contribution in [2.24, 2.45) is 0 Å². The molecule has 6 nitrogen and oxygen atoms in total. The lowest BCUT2D eigenvalue weighted by atomic mass is 9.91. The van der Waals surface area contributed by atoms with Gasteiger partial charge in [-0.3, -0.25) is 4.98 Å². The zero-order valence-corrected chi connectivity index (χ0v) is 15.6. The molecule has 3 heterocycles. The third-order valence-corrected chi connectivity index (χ3v) is 5.65. The summed E-state index contributed by atoms with van der Waals surface area (Å²) in [7, 11) is 0. The average Bonchev–Trinajstić information content (AvgIpc) is 2.73. The van der Waals surface area contributed by atoms with E-state index in [0.29, 0.717) is 6.04 Å². The van der Waals surface area contributed by atoms with E-state index in [1.807, 2.05) is 18.5 Å². The van der Waals surface area contributed by atoms with Gasteiger partial charge < -0.3 is 4.90 Å². The molecule has 6 heteroatoms. The number of hydrogen-bond acceptors (Lipinski definition) is 6. The van der Waals surface area contributed by atoms with Gasteiger partial charge in [0.1, 0.15) is 6.33 Å². The number of hydrazine groups is 1. The number of aromatic nitrogens is 3. The Hall–Kier alpha value is -1.89. The number of piperazine rings is 1. The predicted octanol–water partition coefficient (Wildman–Crippen LogP) is 2.30. The van der Waals surface area contributed by atoms with E-state index in [1.54, 1.807) is 6.33 Å². The fourth-order valence-corrected chi connectivity index (χ4v) is 4.17. The van der Waals surface area contributed by atoms with E-state index < -0.39 is 0 Å². The minimum Gasteiger partial charge on any atom is -0.301 e. The van der Waals surface area contributed by atoms with E-state index in [2.05, 4.69) is 43.9 Å². The number of hydrogen-bond donors (Lipinski definition) is 0. The maximum atomic E-state index is 4.78. The van der Waals surface area contributed by atoms with E-state index in [1.165, 1.54) is 17.7 Å². The van der Waals surface area contributed by atoms with Gasteiger partial charge in [0.15, 0.2) is 0 Å². The Bertz CT molecular complexity index is 698. The van der Waals surface area contributed by atoms with E-state index in [9.17, 15) is 0 Å². The van der Waals surface area contributed by atoms with E-state index in [0.717, 1.165) is 57.8 Å². The normalized spacial score (nSPS) is 21.7. The first kappa shape index (κ1) is 17.5. The summed E-state index contributed by atoms with van der Waals surface area (Å²) in [6.45, 7) is 8.57. The lowest BCUT2D eigenvalue weighted by molar-refractivity contribution is -0.100. The van der Waals surface area contributed by atoms with Gasteiger partial charge in [-0.15, -0.1) is 0 Å². The third-order valence-electron chi connectivity index (χ3n) is 5.65. The van der Waals surface area contributed by atoms with Crippen molar-refractivity contribution in [2.75, 3.05) is 32.7 Å². The molecule has 0 aromatic carbocycles. The molecule has 1 fully saturated rings. The van der Waals surface area contributed by atoms with Gasteiger partial charge in [-0.05, 0) is 43.5 Å². The van der Waals surface area contributed by atoms with Crippen LogP contribution in [0.25, 0.3) is 0 Å². The smallest absolute Gasteiger partial charge is 0.115 e. The van der Waals surface area contributed by atoms with E-state index in [4.69, 9.17) is 4.98 Å². The van der Waals surface area contributed by atoms with Crippen molar-refractivity contribution in [3.63, 3.8) is 0 Å². The van der Waals surface area contributed by atoms with Gasteiger partial charge in [-0.2, -0.15) is 0 Å². The fraction of sp³-hybridized carbons (Fsp3) is 0.550. The first-order chi connectivity index (χ1) is 12.8. The molecule has 2 aromatic rings. The zero-order chi connectivity index (χ0) is 17.8. The van der Waals surface area contributed by atoms with E-state index >= 15 is 0 Å². The Morgan fingerprint density at radius 2 is 2.00 bits per heavy atom. The van der Waals surface area contributed by atoms with Crippen LogP contribution in [0.15, 0.2) is 36.9 Å². The number of fused-ring (bicyclic) bond motifs is 1. The molecular weight excluding hydrogens is 324 g/mol. The number of rotatable bonds is 5. The lowest BCUT2D eigenvalue weighted by Crippen LogP contribution is -2.54. The van der Waals surface area contributed by atoms with Gasteiger partial charge in [0.25, 0.3) is 0 Å². The monoisotopic (exact) mass is 352 g/mol. The second-order valence-electron chi connectivity index (χ2n) is 7.14. The van der Waals surface area contributed by atoms with Crippen molar-refractivity contribution >= 4 is 0 Å². The molecule has 26 heavy (non-hydrogen) atoms. The van der Waals surface area contributed by atoms with Crippen molar-refractivity contribution in [3.8, 4) is 0 Å². The predicted molar refractivity (Wildman–Crippen MR) is 101 cm³/mol. The molecule has 0 amide bonds. The SMILES string of the molecule is CCN1CCN(N(Cc2ccncn2)C2CCCc3cccnc32)CC1. The molecule has 0 N–H and O–H groups in total. The fourth-order valence-electron chi connectivity index (χ4n) is 4.17. The highest BCUT2D eigenvalue weighted by Crippen LogP contribution is 2.34. The Kier molecular flexibility index (Phi) is 5.53. The maximum absolute atomic E-state index is 4.78. The quantitative estimate of drug-likeness (QED) is 0.823. The van der Waals surface area contributed by atoms with Crippen molar-refractivity contribution < 1.29 is 0 Å². The standard InChI is InChI=1S/C20H28N6/c1-2-24-11-13-25(14-12-24)26(15-18-8-10-21-16-23-18)19-7-3-5-17-6-4-9-22-20(17)19/h4,6,8-10,16,19H,2-3,5,7,11-15H2,1H3. The van der Waals surface area contributed by atoms with Crippen LogP contribution in [-0.2, 0) is 13.0 Å². The molecule has 0 saturated carbocycles. The van der Waals surface area contributed by atoms with Crippen LogP contribution in [0, 0.1) is 0 Å². The van der Waals surface area contributed by atoms with Gasteiger partial charge in [0.2, 0.25) is 0 Å². The van der Waals surface area contributed by atoms with Crippen LogP contribution < -0.4 is 0 Å². The lowest BCUT2D eigenvalue weighted by Gasteiger charge is -2.45. The van der Waals surface area contributed by atoms with Crippen molar-refractivity contribution in [3.05, 3.63) is 53.9 Å². The van der Waals surface area contributed by atoms with Crippen LogP contribution in [0.2, 0.25) is 0 Å². The summed E-state index contributed by atoms with van der Waals surface area (Å²) in [5.74, 6) is 0. The Balaban J connectivity index is 1.61. The first-order valence-electron chi connectivity index (χ1n) is 9.77. The highest BCUT2D eigenvalue weighted by molar-refractivity contribution is 5.25. The zero-order valence-electron chi connectivity index (χ0n) is 15.6. The Labute approximate surface area is 155 Å². The second-order valence-corrected chi connectivity index (χ2v) is 7.14. The van der Waals surface area contributed by atoms with Crippen molar-refractivity contribution in [2.45, 2.75) is 38.8 Å². The summed E-state index contributed by atoms with van der Waals surface area (Å²) in [5.41, 5.74) is 3.73. The van der Waals surface area contributed by atoms with Crippen LogP contribution in [-0.4, -0.2) is 62.6 Å². The summed E-state index contributed by atoms with van der Waals surface area (Å²) >= 11 is 0. The summed E-state index contributed by atoms with van der Waals surface area (Å²) in [6, 6.07) is 6.67. The van der Waals surface area contributed by atoms with Crippen LogP contribution in [0.1, 0.15) is 42.8 Å². The minimum absolute atomic E-state index is 0.336. The molecule has 1 aliphatic heterocycles. The molecule has 0 radical (unpaired) electrons. The van der Waals surface area contributed by atoms with Gasteiger partial charge in [0.05, 0.1) is 24.0 Å². The molecule has 1 atom stereocenters. The molecule has 0 bridgehead atoms. The largest absolute Gasteiger partial charge is 0.301 e. The van der Waals surface area contributed by atoms with Crippen LogP contribution in [0.5, 0.6) is 0 Å². The topological polar surface area (TPSA) is 48.4 Å². The summed E-state index contributed by atoms with van der Waals surface area (Å²) in [5, 5.41) is 5.06. The number of aryl methyl sites for hydroxylation is 1. The highest BCUT2D eigenvalue weighted by Gasteiger charge is 2.32. The van der Waals surface area contributed by atoms with Crippen LogP contribution in [0.4, 0.5) is 0 Å². The Morgan fingerprint density at radius 3 is 2.77 bits per heavy atom. The maximum Gasteiger partial charge on any atom is 0.115 e. The van der Waals surface area contributed by atoms with Crippen molar-refractivity contribution in [1.29, 1.82) is 0 Å². The third kappa shape index (κ3) is 3.77. The van der Waals surface area contributed by atoms with Crippen LogP contribution >= 0.6 is 0 Å². The molecule has 1 saturated heterocycles. The molecule has 138 valence electrons. The average molecular weight is 352 g/mol. The van der Waals surface area contributed by atoms with Gasteiger partial charge >= 0.3 is 0 Å². The molecular formula is C20H28N6. The summed E-state index contributed by atoms with van der Waals surface area (Å²) in [4.78, 5) is 15.9. The second kappa shape index (κ2) is 8.20. The summed E-state index contributed by atoms with van der Waals surface area (Å²) in [6.07, 6.45) is 8.94. The molecule has 2 aliphatic rings. The minimum atomic E-state index is 0.336. The first-order valence-corrected chi connectivity index (χ1v) is 9.77. The van der Waals surface area contributed by atoms with E-state index in [-0.39, 0.29) is 0 Å². The Morgan fingerprint density at radius 1 is 1.12 bits per heavy atom. The molecule has 2 aromatic heterocycles. The van der Waals surface area contributed by atoms with Crippen LogP contribution in [0.3, 0.4) is 0 Å². The van der Waals surface area contributed by atoms with Gasteiger partial charge in [-0.25, -0.2) is 20.0 Å². The van der Waals surface area contributed by atoms with Gasteiger partial charge in [0, 0.05) is 38.6 Å². The van der Waals surface area contributed by atoms with Crippen molar-refractivity contribution in [1.82, 2.24) is 29.9 Å². The molecule has 0 spiro atoms. The number of nitrogens with zero attached hydrogens (tertiary/aromatic N) is 6. The molecule has 1 unspecified atom stereocenters. The highest BCUT2D eigenvalue weighted by atomic mass is 15.6. The van der Waals surface area contributed by atoms with Gasteiger partial charge in [-0.1, -0.05) is 13.0 Å². The molecule has 1 aliphatic carbocycles. The number of likely N-dealkylation sites (N-methyl/N-ethyl adjacent to an activating group) is 1.